The maximum absolute atomic E-state index is 13.4. The minimum Gasteiger partial charge on any atom is -0.455 e. The number of likely N-dealkylation sites (tertiary alicyclic amines) is 1. The summed E-state index contributed by atoms with van der Waals surface area (Å²) in [4.78, 5) is 28.0. The number of hydrogen-bond acceptors (Lipinski definition) is 5. The van der Waals surface area contributed by atoms with E-state index in [9.17, 15) is 18.0 Å². The van der Waals surface area contributed by atoms with Gasteiger partial charge in [0.05, 0.1) is 17.2 Å². The van der Waals surface area contributed by atoms with Gasteiger partial charge < -0.3 is 9.32 Å². The molecule has 0 radical (unpaired) electrons. The fourth-order valence-corrected chi connectivity index (χ4v) is 4.87. The lowest BCUT2D eigenvalue weighted by atomic mass is 10.0. The Kier molecular flexibility index (Phi) is 5.68. The van der Waals surface area contributed by atoms with Gasteiger partial charge in [-0.25, -0.2) is 13.1 Å². The zero-order valence-electron chi connectivity index (χ0n) is 17.4. The molecular weight excluding hydrogens is 416 g/mol. The van der Waals surface area contributed by atoms with Gasteiger partial charge in [-0.3, -0.25) is 9.59 Å². The van der Waals surface area contributed by atoms with Gasteiger partial charge in [-0.05, 0) is 31.9 Å². The lowest BCUT2D eigenvalue weighted by Gasteiger charge is -2.32. The Morgan fingerprint density at radius 1 is 1.13 bits per heavy atom. The third-order valence-corrected chi connectivity index (χ3v) is 6.26. The summed E-state index contributed by atoms with van der Waals surface area (Å²) in [5, 5.41) is 0.353. The molecule has 1 amide bonds. The second-order valence-electron chi connectivity index (χ2n) is 7.91. The molecule has 8 heteroatoms. The monoisotopic (exact) mass is 440 g/mol. The Morgan fingerprint density at radius 3 is 2.58 bits per heavy atom. The standard InChI is InChI=1S/C23H24N2O5S/c1-15-20(26)18-11-6-12-19(22(18)30-21(15)16-8-4-3-5-9-16)23(27)25-13-7-10-17(14-25)24-31(2,28)29/h3-6,8-9,11-12,17,24H,7,10,13-14H2,1-2H3/t17-/m0/s1. The first-order chi connectivity index (χ1) is 14.7. The van der Waals surface area contributed by atoms with Crippen LogP contribution in [-0.2, 0) is 10.0 Å². The molecule has 0 saturated carbocycles. The molecule has 7 nitrogen and oxygen atoms in total. The second-order valence-corrected chi connectivity index (χ2v) is 9.69. The van der Waals surface area contributed by atoms with E-state index in [0.717, 1.165) is 11.8 Å². The van der Waals surface area contributed by atoms with Gasteiger partial charge in [0.15, 0.2) is 11.0 Å². The van der Waals surface area contributed by atoms with Crippen LogP contribution >= 0.6 is 0 Å². The van der Waals surface area contributed by atoms with Gasteiger partial charge in [-0.2, -0.15) is 0 Å². The molecule has 1 aliphatic rings. The Morgan fingerprint density at radius 2 is 1.87 bits per heavy atom. The molecule has 0 unspecified atom stereocenters. The smallest absolute Gasteiger partial charge is 0.257 e. The van der Waals surface area contributed by atoms with E-state index in [0.29, 0.717) is 41.7 Å². The summed E-state index contributed by atoms with van der Waals surface area (Å²) in [5.74, 6) is 0.158. The highest BCUT2D eigenvalue weighted by molar-refractivity contribution is 7.88. The summed E-state index contributed by atoms with van der Waals surface area (Å²) in [6.07, 6.45) is 2.46. The van der Waals surface area contributed by atoms with Crippen molar-refractivity contribution in [3.63, 3.8) is 0 Å². The Balaban J connectivity index is 1.76. The number of rotatable bonds is 4. The van der Waals surface area contributed by atoms with E-state index < -0.39 is 10.0 Å². The van der Waals surface area contributed by atoms with Crippen molar-refractivity contribution < 1.29 is 17.6 Å². The number of carbonyl (C=O) groups excluding carboxylic acids is 1. The molecule has 1 aliphatic heterocycles. The molecule has 1 N–H and O–H groups in total. The summed E-state index contributed by atoms with van der Waals surface area (Å²) in [7, 11) is -3.37. The van der Waals surface area contributed by atoms with Crippen molar-refractivity contribution in [2.75, 3.05) is 19.3 Å². The number of piperidine rings is 1. The maximum atomic E-state index is 13.4. The lowest BCUT2D eigenvalue weighted by Crippen LogP contribution is -2.49. The first-order valence-corrected chi connectivity index (χ1v) is 12.0. The van der Waals surface area contributed by atoms with Crippen LogP contribution in [0.25, 0.3) is 22.3 Å². The van der Waals surface area contributed by atoms with E-state index in [4.69, 9.17) is 4.42 Å². The molecule has 1 atom stereocenters. The van der Waals surface area contributed by atoms with Crippen molar-refractivity contribution in [1.29, 1.82) is 0 Å². The van der Waals surface area contributed by atoms with E-state index >= 15 is 0 Å². The Hall–Kier alpha value is -2.97. The van der Waals surface area contributed by atoms with Gasteiger partial charge in [-0.1, -0.05) is 36.4 Å². The minimum atomic E-state index is -3.37. The number of para-hydroxylation sites is 1. The first kappa shape index (κ1) is 21.3. The summed E-state index contributed by atoms with van der Waals surface area (Å²) in [6.45, 7) is 2.50. The normalized spacial score (nSPS) is 17.1. The van der Waals surface area contributed by atoms with E-state index in [1.807, 2.05) is 30.3 Å². The van der Waals surface area contributed by atoms with Crippen LogP contribution in [0.2, 0.25) is 0 Å². The molecule has 4 rings (SSSR count). The van der Waals surface area contributed by atoms with Crippen molar-refractivity contribution in [1.82, 2.24) is 9.62 Å². The number of benzene rings is 2. The van der Waals surface area contributed by atoms with Crippen LogP contribution < -0.4 is 10.2 Å². The van der Waals surface area contributed by atoms with Gasteiger partial charge in [0.2, 0.25) is 10.0 Å². The number of sulfonamides is 1. The highest BCUT2D eigenvalue weighted by Crippen LogP contribution is 2.28. The van der Waals surface area contributed by atoms with Gasteiger partial charge in [0, 0.05) is 30.3 Å². The van der Waals surface area contributed by atoms with E-state index in [1.54, 1.807) is 30.0 Å². The molecule has 31 heavy (non-hydrogen) atoms. The molecule has 0 aliphatic carbocycles. The minimum absolute atomic E-state index is 0.176. The molecule has 3 aromatic rings. The Labute approximate surface area is 180 Å². The predicted octanol–water partition coefficient (Wildman–Crippen LogP) is 2.92. The number of nitrogens with one attached hydrogen (secondary N) is 1. The average molecular weight is 441 g/mol. The fraction of sp³-hybridized carbons (Fsp3) is 0.304. The Bertz CT molecular complexity index is 1300. The summed E-state index contributed by atoms with van der Waals surface area (Å²) >= 11 is 0. The average Bonchev–Trinajstić information content (AvgIpc) is 2.75. The molecule has 0 bridgehead atoms. The quantitative estimate of drug-likeness (QED) is 0.673. The van der Waals surface area contributed by atoms with E-state index in [1.165, 1.54) is 0 Å². The predicted molar refractivity (Wildman–Crippen MR) is 120 cm³/mol. The van der Waals surface area contributed by atoms with Crippen LogP contribution in [0, 0.1) is 6.92 Å². The van der Waals surface area contributed by atoms with Crippen LogP contribution in [0.3, 0.4) is 0 Å². The van der Waals surface area contributed by atoms with Crippen LogP contribution in [-0.4, -0.2) is 44.6 Å². The van der Waals surface area contributed by atoms with Crippen LogP contribution in [0.4, 0.5) is 0 Å². The van der Waals surface area contributed by atoms with Gasteiger partial charge in [0.1, 0.15) is 5.76 Å². The third-order valence-electron chi connectivity index (χ3n) is 5.50. The SMILES string of the molecule is Cc1c(-c2ccccc2)oc2c(C(=O)N3CCC[C@H](NS(C)(=O)=O)C3)cccc2c1=O. The zero-order valence-corrected chi connectivity index (χ0v) is 18.2. The van der Waals surface area contributed by atoms with E-state index in [-0.39, 0.29) is 29.5 Å². The molecule has 0 spiro atoms. The molecule has 1 aromatic heterocycles. The van der Waals surface area contributed by atoms with Gasteiger partial charge in [-0.15, -0.1) is 0 Å². The van der Waals surface area contributed by atoms with Gasteiger partial charge >= 0.3 is 0 Å². The van der Waals surface area contributed by atoms with Crippen LogP contribution in [0.1, 0.15) is 28.8 Å². The topological polar surface area (TPSA) is 96.7 Å². The molecule has 1 saturated heterocycles. The zero-order chi connectivity index (χ0) is 22.2. The van der Waals surface area contributed by atoms with Crippen molar-refractivity contribution in [3.8, 4) is 11.3 Å². The fourth-order valence-electron chi connectivity index (χ4n) is 4.07. The second kappa shape index (κ2) is 8.28. The highest BCUT2D eigenvalue weighted by Gasteiger charge is 2.28. The van der Waals surface area contributed by atoms with Crippen molar-refractivity contribution in [2.45, 2.75) is 25.8 Å². The van der Waals surface area contributed by atoms with Crippen molar-refractivity contribution >= 4 is 26.9 Å². The number of carbonyl (C=O) groups is 1. The highest BCUT2D eigenvalue weighted by atomic mass is 32.2. The summed E-state index contributed by atoms with van der Waals surface area (Å²) in [5.41, 5.74) is 1.62. The largest absolute Gasteiger partial charge is 0.455 e. The number of hydrogen-bond donors (Lipinski definition) is 1. The number of amides is 1. The molecule has 162 valence electrons. The molecular formula is C23H24N2O5S. The van der Waals surface area contributed by atoms with Crippen molar-refractivity contribution in [3.05, 3.63) is 69.9 Å². The van der Waals surface area contributed by atoms with Crippen molar-refractivity contribution in [2.24, 2.45) is 0 Å². The number of nitrogens with zero attached hydrogens (tertiary/aromatic N) is 1. The van der Waals surface area contributed by atoms with E-state index in [2.05, 4.69) is 4.72 Å². The third kappa shape index (κ3) is 4.40. The number of fused-ring (bicyclic) bond motifs is 1. The first-order valence-electron chi connectivity index (χ1n) is 10.1. The maximum Gasteiger partial charge on any atom is 0.257 e. The van der Waals surface area contributed by atoms with Crippen LogP contribution in [0.15, 0.2) is 57.7 Å². The van der Waals surface area contributed by atoms with Crippen LogP contribution in [0.5, 0.6) is 0 Å². The lowest BCUT2D eigenvalue weighted by molar-refractivity contribution is 0.0704. The van der Waals surface area contributed by atoms with Gasteiger partial charge in [0.25, 0.3) is 5.91 Å². The summed E-state index contributed by atoms with van der Waals surface area (Å²) in [6, 6.07) is 13.9. The summed E-state index contributed by atoms with van der Waals surface area (Å²) < 4.78 is 31.9. The molecule has 2 aromatic carbocycles. The molecule has 2 heterocycles. The molecule has 1 fully saturated rings.